The van der Waals surface area contributed by atoms with Crippen molar-refractivity contribution in [3.63, 3.8) is 0 Å². The summed E-state index contributed by atoms with van der Waals surface area (Å²) >= 11 is 0. The number of hydrogen-bond donors (Lipinski definition) is 0. The molecule has 15 rings (SSSR count). The maximum Gasteiger partial charge on any atom is 0.179 e. The lowest BCUT2D eigenvalue weighted by Gasteiger charge is -2.35. The van der Waals surface area contributed by atoms with Crippen molar-refractivity contribution in [3.05, 3.63) is 273 Å². The van der Waals surface area contributed by atoms with E-state index in [0.717, 1.165) is 50.8 Å². The van der Waals surface area contributed by atoms with Crippen LogP contribution in [0, 0.1) is 0 Å². The molecule has 4 heterocycles. The van der Waals surface area contributed by atoms with Crippen molar-refractivity contribution in [1.82, 2.24) is 18.7 Å². The number of aromatic nitrogens is 4. The van der Waals surface area contributed by atoms with E-state index in [2.05, 4.69) is 268 Å². The second-order valence-corrected chi connectivity index (χ2v) is 23.3. The van der Waals surface area contributed by atoms with E-state index < -0.39 is 8.07 Å². The van der Waals surface area contributed by atoms with Gasteiger partial charge in [0.2, 0.25) is 0 Å². The van der Waals surface area contributed by atoms with E-state index in [9.17, 15) is 0 Å². The van der Waals surface area contributed by atoms with Gasteiger partial charge in [-0.05, 0) is 122 Å². The van der Waals surface area contributed by atoms with Gasteiger partial charge in [0.05, 0.1) is 38.8 Å². The summed E-state index contributed by atoms with van der Waals surface area (Å²) in [5.74, 6) is 1.77. The van der Waals surface area contributed by atoms with Crippen LogP contribution in [0.4, 0.5) is 0 Å². The lowest BCUT2D eigenvalue weighted by atomic mass is 9.98. The van der Waals surface area contributed by atoms with Crippen molar-refractivity contribution in [2.75, 3.05) is 0 Å². The van der Waals surface area contributed by atoms with Crippen LogP contribution in [-0.2, 0) is 6.61 Å². The zero-order valence-corrected chi connectivity index (χ0v) is 41.3. The van der Waals surface area contributed by atoms with Crippen molar-refractivity contribution < 1.29 is 4.74 Å². The lowest BCUT2D eigenvalue weighted by Crippen LogP contribution is -2.74. The minimum Gasteiger partial charge on any atom is -0.483 e. The van der Waals surface area contributed by atoms with Crippen LogP contribution in [0.2, 0.25) is 0 Å². The lowest BCUT2D eigenvalue weighted by molar-refractivity contribution is 0.280. The highest BCUT2D eigenvalue weighted by molar-refractivity contribution is 7.20. The van der Waals surface area contributed by atoms with Crippen LogP contribution in [0.5, 0.6) is 5.75 Å². The summed E-state index contributed by atoms with van der Waals surface area (Å²) in [6, 6.07) is 98.7. The Morgan fingerprint density at radius 1 is 0.324 bits per heavy atom. The molecule has 0 radical (unpaired) electrons. The van der Waals surface area contributed by atoms with Crippen LogP contribution in [0.1, 0.15) is 5.82 Å². The Morgan fingerprint density at radius 3 is 1.54 bits per heavy atom. The molecule has 0 amide bonds. The van der Waals surface area contributed by atoms with E-state index >= 15 is 0 Å². The molecule has 0 unspecified atom stereocenters. The molecule has 5 nitrogen and oxygen atoms in total. The molecular formula is C68H46N4OSi. The van der Waals surface area contributed by atoms with E-state index in [0.29, 0.717) is 6.61 Å². The zero-order chi connectivity index (χ0) is 48.7. The second kappa shape index (κ2) is 16.8. The van der Waals surface area contributed by atoms with Gasteiger partial charge in [0.15, 0.2) is 13.9 Å². The quantitative estimate of drug-likeness (QED) is 0.112. The third-order valence-electron chi connectivity index (χ3n) is 15.4. The fourth-order valence-electron chi connectivity index (χ4n) is 12.2. The highest BCUT2D eigenvalue weighted by Gasteiger charge is 2.42. The normalized spacial score (nSPS) is 12.4. The first-order chi connectivity index (χ1) is 36.7. The predicted molar refractivity (Wildman–Crippen MR) is 309 cm³/mol. The standard InChI is InChI=1S/C68H46N4OSi/c1-4-19-46(20-5-1)48-39-49(47-35-37-60-66(42-47)72-65-33-16-17-34-67(65)73-45-68(72)69-60)41-55(40-48)74(52-22-6-2-7-23-52,53-24-8-3-9-25-53)54-26-18-21-50(43-54)70-63-32-15-12-29-58(63)59-44-51(36-38-64(59)70)71-61-30-13-10-27-56(61)57-28-11-14-31-62(57)71/h1-44H,45H2. The number of benzene rings is 11. The van der Waals surface area contributed by atoms with E-state index in [-0.39, 0.29) is 0 Å². The van der Waals surface area contributed by atoms with Crippen LogP contribution in [-0.4, -0.2) is 26.8 Å². The van der Waals surface area contributed by atoms with Gasteiger partial charge in [0.25, 0.3) is 0 Å². The number of hydrogen-bond acceptors (Lipinski definition) is 2. The summed E-state index contributed by atoms with van der Waals surface area (Å²) in [5.41, 5.74) is 14.7. The fraction of sp³-hybridized carbons (Fsp3) is 0.0147. The van der Waals surface area contributed by atoms with E-state index in [1.54, 1.807) is 0 Å². The van der Waals surface area contributed by atoms with Crippen LogP contribution in [0.3, 0.4) is 0 Å². The Balaban J connectivity index is 0.971. The van der Waals surface area contributed by atoms with Crippen molar-refractivity contribution in [3.8, 4) is 45.1 Å². The van der Waals surface area contributed by atoms with Gasteiger partial charge >= 0.3 is 0 Å². The fourth-order valence-corrected chi connectivity index (χ4v) is 17.1. The van der Waals surface area contributed by atoms with Gasteiger partial charge in [-0.3, -0.25) is 4.57 Å². The predicted octanol–water partition coefficient (Wildman–Crippen LogP) is 13.8. The Morgan fingerprint density at radius 2 is 0.865 bits per heavy atom. The summed E-state index contributed by atoms with van der Waals surface area (Å²) < 4.78 is 13.4. The summed E-state index contributed by atoms with van der Waals surface area (Å²) in [5, 5.41) is 10.2. The van der Waals surface area contributed by atoms with Crippen LogP contribution < -0.4 is 25.5 Å². The molecule has 0 fully saturated rings. The first-order valence-corrected chi connectivity index (χ1v) is 27.4. The highest BCUT2D eigenvalue weighted by Crippen LogP contribution is 2.39. The number of rotatable bonds is 8. The molecule has 0 atom stereocenters. The average Bonchev–Trinajstić information content (AvgIpc) is 4.14. The first kappa shape index (κ1) is 42.2. The second-order valence-electron chi connectivity index (χ2n) is 19.4. The van der Waals surface area contributed by atoms with Crippen LogP contribution in [0.25, 0.3) is 94.0 Å². The van der Waals surface area contributed by atoms with Crippen LogP contribution in [0.15, 0.2) is 267 Å². The molecule has 6 heteroatoms. The number of nitrogens with zero attached hydrogens (tertiary/aromatic N) is 4. The molecular weight excluding hydrogens is 917 g/mol. The maximum absolute atomic E-state index is 6.18. The first-order valence-electron chi connectivity index (χ1n) is 25.4. The van der Waals surface area contributed by atoms with Gasteiger partial charge in [0.1, 0.15) is 12.4 Å². The monoisotopic (exact) mass is 962 g/mol. The SMILES string of the molecule is c1ccc(-c2cc(-c3ccc4nc5n(c4c3)-c3ccccc3OC5)cc([Si](c3ccccc3)(c3ccccc3)c3cccc(-n4c5ccccc5c5cc(-n6c7ccccc7c7ccccc76)ccc54)c3)c2)cc1. The molecule has 11 aromatic carbocycles. The van der Waals surface area contributed by atoms with Gasteiger partial charge in [0, 0.05) is 32.9 Å². The Bertz CT molecular complexity index is 4400. The Hall–Kier alpha value is -9.49. The van der Waals surface area contributed by atoms with E-state index in [4.69, 9.17) is 9.72 Å². The Kier molecular flexibility index (Phi) is 9.59. The molecule has 0 saturated carbocycles. The molecule has 14 aromatic rings. The molecule has 0 saturated heterocycles. The average molecular weight is 963 g/mol. The van der Waals surface area contributed by atoms with Crippen molar-refractivity contribution >= 4 is 83.5 Å². The topological polar surface area (TPSA) is 36.9 Å². The zero-order valence-electron chi connectivity index (χ0n) is 40.3. The van der Waals surface area contributed by atoms with Gasteiger partial charge < -0.3 is 13.9 Å². The van der Waals surface area contributed by atoms with Crippen molar-refractivity contribution in [2.45, 2.75) is 6.61 Å². The molecule has 74 heavy (non-hydrogen) atoms. The van der Waals surface area contributed by atoms with E-state index in [1.165, 1.54) is 75.5 Å². The maximum atomic E-state index is 6.18. The summed E-state index contributed by atoms with van der Waals surface area (Å²) in [7, 11) is -3.17. The minimum atomic E-state index is -3.17. The van der Waals surface area contributed by atoms with Gasteiger partial charge in [-0.2, -0.15) is 0 Å². The molecule has 0 spiro atoms. The van der Waals surface area contributed by atoms with Crippen molar-refractivity contribution in [1.29, 1.82) is 0 Å². The molecule has 1 aliphatic rings. The van der Waals surface area contributed by atoms with Gasteiger partial charge in [-0.25, -0.2) is 4.98 Å². The summed E-state index contributed by atoms with van der Waals surface area (Å²) in [4.78, 5) is 5.07. The molecule has 348 valence electrons. The Labute approximate surface area is 429 Å². The molecule has 3 aromatic heterocycles. The smallest absolute Gasteiger partial charge is 0.179 e. The third kappa shape index (κ3) is 6.45. The molecule has 0 bridgehead atoms. The minimum absolute atomic E-state index is 0.425. The largest absolute Gasteiger partial charge is 0.483 e. The highest BCUT2D eigenvalue weighted by atomic mass is 28.3. The molecule has 1 aliphatic heterocycles. The van der Waals surface area contributed by atoms with Gasteiger partial charge in [-0.1, -0.05) is 188 Å². The molecule has 0 aliphatic carbocycles. The third-order valence-corrected chi connectivity index (χ3v) is 20.2. The van der Waals surface area contributed by atoms with Crippen LogP contribution >= 0.6 is 0 Å². The summed E-state index contributed by atoms with van der Waals surface area (Å²) in [6.45, 7) is 0.425. The number of ether oxygens (including phenoxy) is 1. The molecule has 0 N–H and O–H groups in total. The summed E-state index contributed by atoms with van der Waals surface area (Å²) in [6.07, 6.45) is 0. The number of imidazole rings is 1. The van der Waals surface area contributed by atoms with E-state index in [1.807, 2.05) is 12.1 Å². The van der Waals surface area contributed by atoms with Crippen molar-refractivity contribution in [2.24, 2.45) is 0 Å². The van der Waals surface area contributed by atoms with Gasteiger partial charge in [-0.15, -0.1) is 0 Å². The number of fused-ring (bicyclic) bond motifs is 11. The number of para-hydroxylation sites is 5.